The summed E-state index contributed by atoms with van der Waals surface area (Å²) < 4.78 is 0. The van der Waals surface area contributed by atoms with Gasteiger partial charge in [0.05, 0.1) is 0 Å². The van der Waals surface area contributed by atoms with Crippen LogP contribution >= 0.6 is 0 Å². The maximum absolute atomic E-state index is 11.7. The first kappa shape index (κ1) is 13.7. The fourth-order valence-corrected chi connectivity index (χ4v) is 3.02. The number of benzene rings is 2. The number of rotatable bonds is 3. The van der Waals surface area contributed by atoms with Crippen LogP contribution in [-0.4, -0.2) is 17.1 Å². The van der Waals surface area contributed by atoms with Gasteiger partial charge in [-0.1, -0.05) is 60.7 Å². The van der Waals surface area contributed by atoms with Crippen molar-refractivity contribution in [1.82, 2.24) is 5.48 Å². The molecule has 3 rings (SSSR count). The molecule has 0 radical (unpaired) electrons. The number of nitrogens with zero attached hydrogens (tertiary/aromatic N) is 1. The molecule has 1 fully saturated rings. The first-order valence-corrected chi connectivity index (χ1v) is 6.83. The van der Waals surface area contributed by atoms with Crippen LogP contribution in [0, 0.1) is 10.1 Å². The maximum atomic E-state index is 11.7. The van der Waals surface area contributed by atoms with Crippen LogP contribution in [0.25, 0.3) is 0 Å². The Morgan fingerprint density at radius 2 is 1.52 bits per heavy atom. The Labute approximate surface area is 122 Å². The maximum Gasteiger partial charge on any atom is 0.268 e. The summed E-state index contributed by atoms with van der Waals surface area (Å²) in [4.78, 5) is 16.9. The highest BCUT2D eigenvalue weighted by molar-refractivity contribution is 5.41. The van der Waals surface area contributed by atoms with Crippen molar-refractivity contribution in [2.75, 3.05) is 0 Å². The summed E-state index contributed by atoms with van der Waals surface area (Å²) in [6, 6.07) is 17.9. The lowest BCUT2D eigenvalue weighted by atomic mass is 9.77. The van der Waals surface area contributed by atoms with E-state index in [1.165, 1.54) is 0 Å². The number of hydroxylamine groups is 1. The van der Waals surface area contributed by atoms with E-state index in [2.05, 4.69) is 5.48 Å². The van der Waals surface area contributed by atoms with Gasteiger partial charge in [0.2, 0.25) is 0 Å². The molecule has 2 aromatic carbocycles. The van der Waals surface area contributed by atoms with Crippen molar-refractivity contribution in [1.29, 1.82) is 0 Å². The molecule has 1 aliphatic rings. The van der Waals surface area contributed by atoms with Crippen LogP contribution in [0.3, 0.4) is 0 Å². The molecule has 0 aliphatic carbocycles. The number of nitrogens with one attached hydrogen (secondary N) is 1. The summed E-state index contributed by atoms with van der Waals surface area (Å²) in [5, 5.41) is 11.7. The van der Waals surface area contributed by atoms with Crippen LogP contribution in [0.1, 0.15) is 18.1 Å². The molecule has 21 heavy (non-hydrogen) atoms. The Hall–Kier alpha value is -2.24. The van der Waals surface area contributed by atoms with Gasteiger partial charge in [0.15, 0.2) is 5.54 Å². The van der Waals surface area contributed by atoms with Gasteiger partial charge in [-0.3, -0.25) is 15.0 Å². The topological polar surface area (TPSA) is 64.4 Å². The number of hydrogen-bond donors (Lipinski definition) is 1. The van der Waals surface area contributed by atoms with Crippen LogP contribution in [0.15, 0.2) is 60.7 Å². The smallest absolute Gasteiger partial charge is 0.268 e. The van der Waals surface area contributed by atoms with Crippen molar-refractivity contribution in [2.45, 2.75) is 24.6 Å². The van der Waals surface area contributed by atoms with Gasteiger partial charge in [-0.05, 0) is 18.1 Å². The predicted molar refractivity (Wildman–Crippen MR) is 78.1 cm³/mol. The largest absolute Gasteiger partial charge is 0.290 e. The zero-order valence-corrected chi connectivity index (χ0v) is 11.6. The standard InChI is InChI=1S/C16H16N2O3/c1-12-15(18(19)20)16(17-21-12,13-8-4-2-5-9-13)14-10-6-3-7-11-14/h2-12,15,17H,1H3. The Bertz CT molecular complexity index is 591. The van der Waals surface area contributed by atoms with E-state index in [0.717, 1.165) is 11.1 Å². The van der Waals surface area contributed by atoms with Crippen molar-refractivity contribution in [3.8, 4) is 0 Å². The summed E-state index contributed by atoms with van der Waals surface area (Å²) in [5.41, 5.74) is 3.60. The molecular formula is C16H16N2O3. The summed E-state index contributed by atoms with van der Waals surface area (Å²) in [6.45, 7) is 1.72. The minimum Gasteiger partial charge on any atom is -0.290 e. The average Bonchev–Trinajstić information content (AvgIpc) is 2.88. The normalized spacial score (nSPS) is 23.9. The molecule has 0 aromatic heterocycles. The highest BCUT2D eigenvalue weighted by Crippen LogP contribution is 2.40. The lowest BCUT2D eigenvalue weighted by Crippen LogP contribution is -2.50. The predicted octanol–water partition coefficient (Wildman–Crippen LogP) is 2.50. The molecule has 5 nitrogen and oxygen atoms in total. The molecule has 2 aromatic rings. The van der Waals surface area contributed by atoms with Crippen LogP contribution < -0.4 is 5.48 Å². The quantitative estimate of drug-likeness (QED) is 0.694. The van der Waals surface area contributed by atoms with E-state index in [1.54, 1.807) is 6.92 Å². The van der Waals surface area contributed by atoms with E-state index in [1.807, 2.05) is 60.7 Å². The van der Waals surface area contributed by atoms with Crippen molar-refractivity contribution < 1.29 is 9.76 Å². The van der Waals surface area contributed by atoms with E-state index in [0.29, 0.717) is 0 Å². The van der Waals surface area contributed by atoms with Crippen LogP contribution in [0.4, 0.5) is 0 Å². The van der Waals surface area contributed by atoms with E-state index >= 15 is 0 Å². The van der Waals surface area contributed by atoms with Gasteiger partial charge < -0.3 is 0 Å². The molecule has 0 bridgehead atoms. The van der Waals surface area contributed by atoms with Gasteiger partial charge >= 0.3 is 0 Å². The van der Waals surface area contributed by atoms with Crippen molar-refractivity contribution in [3.05, 3.63) is 81.9 Å². The Kier molecular flexibility index (Phi) is 3.45. The molecule has 108 valence electrons. The SMILES string of the molecule is CC1ONC(c2ccccc2)(c2ccccc2)C1[N+](=O)[O-]. The molecule has 0 amide bonds. The lowest BCUT2D eigenvalue weighted by molar-refractivity contribution is -0.534. The van der Waals surface area contributed by atoms with E-state index in [9.17, 15) is 10.1 Å². The van der Waals surface area contributed by atoms with Gasteiger partial charge in [-0.15, -0.1) is 0 Å². The highest BCUT2D eigenvalue weighted by Gasteiger charge is 2.58. The minimum atomic E-state index is -0.981. The van der Waals surface area contributed by atoms with Crippen molar-refractivity contribution >= 4 is 0 Å². The monoisotopic (exact) mass is 284 g/mol. The molecule has 0 saturated carbocycles. The molecule has 1 saturated heterocycles. The van der Waals surface area contributed by atoms with Gasteiger partial charge in [-0.2, -0.15) is 5.48 Å². The summed E-state index contributed by atoms with van der Waals surface area (Å²) in [7, 11) is 0. The average molecular weight is 284 g/mol. The number of hydrogen-bond acceptors (Lipinski definition) is 4. The second kappa shape index (κ2) is 5.27. The molecule has 5 heteroatoms. The second-order valence-corrected chi connectivity index (χ2v) is 5.20. The van der Waals surface area contributed by atoms with Crippen LogP contribution in [-0.2, 0) is 10.4 Å². The van der Waals surface area contributed by atoms with Crippen LogP contribution in [0.5, 0.6) is 0 Å². The fourth-order valence-electron chi connectivity index (χ4n) is 3.02. The molecule has 1 heterocycles. The Morgan fingerprint density at radius 1 is 1.05 bits per heavy atom. The summed E-state index contributed by atoms with van der Waals surface area (Å²) in [5.74, 6) is 0. The summed E-state index contributed by atoms with van der Waals surface area (Å²) in [6.07, 6.45) is -0.527. The van der Waals surface area contributed by atoms with Gasteiger partial charge in [-0.25, -0.2) is 0 Å². The fraction of sp³-hybridized carbons (Fsp3) is 0.250. The third-order valence-corrected chi connectivity index (χ3v) is 3.98. The zero-order valence-electron chi connectivity index (χ0n) is 11.6. The van der Waals surface area contributed by atoms with Crippen molar-refractivity contribution in [3.63, 3.8) is 0 Å². The molecule has 1 aliphatic heterocycles. The summed E-state index contributed by atoms with van der Waals surface area (Å²) >= 11 is 0. The third kappa shape index (κ3) is 2.11. The first-order chi connectivity index (χ1) is 10.2. The highest BCUT2D eigenvalue weighted by atomic mass is 16.7. The van der Waals surface area contributed by atoms with Crippen LogP contribution in [0.2, 0.25) is 0 Å². The molecule has 1 N–H and O–H groups in total. The molecule has 2 atom stereocenters. The van der Waals surface area contributed by atoms with E-state index < -0.39 is 17.7 Å². The molecule has 0 spiro atoms. The lowest BCUT2D eigenvalue weighted by Gasteiger charge is -2.30. The molecular weight excluding hydrogens is 268 g/mol. The second-order valence-electron chi connectivity index (χ2n) is 5.20. The zero-order chi connectivity index (χ0) is 14.9. The van der Waals surface area contributed by atoms with Gasteiger partial charge in [0, 0.05) is 4.92 Å². The first-order valence-electron chi connectivity index (χ1n) is 6.83. The minimum absolute atomic E-state index is 0.259. The van der Waals surface area contributed by atoms with E-state index in [4.69, 9.17) is 4.84 Å². The molecule has 2 unspecified atom stereocenters. The third-order valence-electron chi connectivity index (χ3n) is 3.98. The van der Waals surface area contributed by atoms with Gasteiger partial charge in [0.1, 0.15) is 6.10 Å². The Balaban J connectivity index is 2.24. The van der Waals surface area contributed by atoms with Crippen molar-refractivity contribution in [2.24, 2.45) is 0 Å². The number of nitro groups is 1. The van der Waals surface area contributed by atoms with Gasteiger partial charge in [0.25, 0.3) is 6.04 Å². The Morgan fingerprint density at radius 3 is 1.95 bits per heavy atom. The van der Waals surface area contributed by atoms with E-state index in [-0.39, 0.29) is 4.92 Å².